The summed E-state index contributed by atoms with van der Waals surface area (Å²) < 4.78 is 6.82. The topological polar surface area (TPSA) is 87.2 Å². The van der Waals surface area contributed by atoms with Crippen LogP contribution in [0.3, 0.4) is 0 Å². The minimum Gasteiger partial charge on any atom is -0.496 e. The number of rotatable bonds is 5. The second-order valence-corrected chi connectivity index (χ2v) is 7.44. The highest BCUT2D eigenvalue weighted by molar-refractivity contribution is 7.18. The first kappa shape index (κ1) is 18.1. The van der Waals surface area contributed by atoms with Crippen molar-refractivity contribution in [2.75, 3.05) is 7.11 Å². The normalized spacial score (nSPS) is 12.3. The molecule has 0 aliphatic heterocycles. The number of nitrogens with zero attached hydrogens (tertiary/aromatic N) is 2. The van der Waals surface area contributed by atoms with E-state index in [9.17, 15) is 9.59 Å². The molecule has 1 aromatic carbocycles. The van der Waals surface area contributed by atoms with E-state index in [0.29, 0.717) is 28.2 Å². The number of primary amides is 1. The number of amides is 1. The number of methoxy groups -OCH3 is 1. The monoisotopic (exact) mass is 371 g/mol. The van der Waals surface area contributed by atoms with E-state index in [1.165, 1.54) is 15.9 Å². The first-order chi connectivity index (χ1) is 12.3. The minimum absolute atomic E-state index is 0.229. The van der Waals surface area contributed by atoms with E-state index >= 15 is 0 Å². The number of hydrogen-bond donors (Lipinski definition) is 1. The van der Waals surface area contributed by atoms with Crippen molar-refractivity contribution in [2.45, 2.75) is 33.2 Å². The SMILES string of the molecule is COc1ccccc1Cc1nc2sc(C)c(C)c2c(=O)n1C(C)C(N)=O. The Morgan fingerprint density at radius 1 is 1.35 bits per heavy atom. The number of fused-ring (bicyclic) bond motifs is 1. The van der Waals surface area contributed by atoms with Gasteiger partial charge in [-0.2, -0.15) is 0 Å². The van der Waals surface area contributed by atoms with Gasteiger partial charge in [-0.3, -0.25) is 14.2 Å². The molecule has 136 valence electrons. The van der Waals surface area contributed by atoms with Crippen LogP contribution in [-0.4, -0.2) is 22.6 Å². The number of aromatic nitrogens is 2. The lowest BCUT2D eigenvalue weighted by Crippen LogP contribution is -2.35. The van der Waals surface area contributed by atoms with Crippen molar-refractivity contribution in [3.05, 3.63) is 56.4 Å². The molecule has 0 saturated carbocycles. The van der Waals surface area contributed by atoms with Crippen molar-refractivity contribution in [1.82, 2.24) is 9.55 Å². The summed E-state index contributed by atoms with van der Waals surface area (Å²) in [4.78, 5) is 31.4. The van der Waals surface area contributed by atoms with E-state index in [-0.39, 0.29) is 5.56 Å². The Balaban J connectivity index is 2.27. The summed E-state index contributed by atoms with van der Waals surface area (Å²) in [5.74, 6) is 0.636. The third-order valence-corrected chi connectivity index (χ3v) is 5.75. The number of hydrogen-bond acceptors (Lipinski definition) is 5. The average Bonchev–Trinajstić information content (AvgIpc) is 2.89. The number of carbonyl (C=O) groups excluding carboxylic acids is 1. The van der Waals surface area contributed by atoms with E-state index in [4.69, 9.17) is 15.5 Å². The van der Waals surface area contributed by atoms with Crippen molar-refractivity contribution in [2.24, 2.45) is 5.73 Å². The van der Waals surface area contributed by atoms with Crippen LogP contribution in [-0.2, 0) is 11.2 Å². The lowest BCUT2D eigenvalue weighted by molar-refractivity contribution is -0.120. The van der Waals surface area contributed by atoms with Gasteiger partial charge >= 0.3 is 0 Å². The third kappa shape index (κ3) is 2.99. The van der Waals surface area contributed by atoms with E-state index in [1.54, 1.807) is 14.0 Å². The molecule has 2 aromatic heterocycles. The fourth-order valence-corrected chi connectivity index (χ4v) is 4.06. The van der Waals surface area contributed by atoms with Gasteiger partial charge in [0.15, 0.2) is 0 Å². The van der Waals surface area contributed by atoms with Crippen LogP contribution in [0.15, 0.2) is 29.1 Å². The van der Waals surface area contributed by atoms with Gasteiger partial charge in [-0.05, 0) is 32.4 Å². The van der Waals surface area contributed by atoms with Crippen molar-refractivity contribution < 1.29 is 9.53 Å². The molecule has 3 rings (SSSR count). The molecule has 7 heteroatoms. The maximum Gasteiger partial charge on any atom is 0.263 e. The summed E-state index contributed by atoms with van der Waals surface area (Å²) in [6.07, 6.45) is 0.364. The molecule has 1 amide bonds. The smallest absolute Gasteiger partial charge is 0.263 e. The fourth-order valence-electron chi connectivity index (χ4n) is 3.02. The van der Waals surface area contributed by atoms with Crippen molar-refractivity contribution in [3.8, 4) is 5.75 Å². The first-order valence-electron chi connectivity index (χ1n) is 8.27. The standard InChI is InChI=1S/C19H21N3O3S/c1-10-12(3)26-18-16(10)19(24)22(11(2)17(20)23)15(21-18)9-13-7-5-6-8-14(13)25-4/h5-8,11H,9H2,1-4H3,(H2,20,23). The molecule has 0 saturated heterocycles. The van der Waals surface area contributed by atoms with E-state index in [1.807, 2.05) is 38.1 Å². The van der Waals surface area contributed by atoms with Crippen LogP contribution in [0.25, 0.3) is 10.2 Å². The molecule has 1 unspecified atom stereocenters. The van der Waals surface area contributed by atoms with Crippen LogP contribution in [0.2, 0.25) is 0 Å². The zero-order chi connectivity index (χ0) is 19.0. The van der Waals surface area contributed by atoms with Gasteiger partial charge in [0.25, 0.3) is 5.56 Å². The molecule has 0 spiro atoms. The van der Waals surface area contributed by atoms with E-state index in [0.717, 1.165) is 16.0 Å². The molecule has 0 fully saturated rings. The summed E-state index contributed by atoms with van der Waals surface area (Å²) in [5, 5.41) is 0.560. The quantitative estimate of drug-likeness (QED) is 0.747. The van der Waals surface area contributed by atoms with Gasteiger partial charge in [-0.15, -0.1) is 11.3 Å². The van der Waals surface area contributed by atoms with Crippen LogP contribution in [0, 0.1) is 13.8 Å². The Labute approximate surface area is 155 Å². The van der Waals surface area contributed by atoms with Gasteiger partial charge in [0.1, 0.15) is 22.4 Å². The maximum atomic E-state index is 13.2. The fraction of sp³-hybridized carbons (Fsp3) is 0.316. The Hall–Kier alpha value is -2.67. The van der Waals surface area contributed by atoms with Gasteiger partial charge in [0, 0.05) is 16.9 Å². The van der Waals surface area contributed by atoms with Crippen molar-refractivity contribution >= 4 is 27.5 Å². The molecule has 6 nitrogen and oxygen atoms in total. The van der Waals surface area contributed by atoms with Crippen LogP contribution in [0.4, 0.5) is 0 Å². The average molecular weight is 371 g/mol. The van der Waals surface area contributed by atoms with Crippen molar-refractivity contribution in [3.63, 3.8) is 0 Å². The lowest BCUT2D eigenvalue weighted by atomic mass is 10.1. The highest BCUT2D eigenvalue weighted by Gasteiger charge is 2.23. The largest absolute Gasteiger partial charge is 0.496 e. The van der Waals surface area contributed by atoms with Gasteiger partial charge in [-0.25, -0.2) is 4.98 Å². The summed E-state index contributed by atoms with van der Waals surface area (Å²) in [5.41, 5.74) is 7.05. The first-order valence-corrected chi connectivity index (χ1v) is 9.09. The Bertz CT molecular complexity index is 1050. The highest BCUT2D eigenvalue weighted by atomic mass is 32.1. The van der Waals surface area contributed by atoms with Crippen molar-refractivity contribution in [1.29, 1.82) is 0 Å². The molecule has 0 aliphatic carbocycles. The molecular weight excluding hydrogens is 350 g/mol. The predicted molar refractivity (Wildman–Crippen MR) is 103 cm³/mol. The van der Waals surface area contributed by atoms with Crippen LogP contribution in [0.1, 0.15) is 34.8 Å². The summed E-state index contributed by atoms with van der Waals surface area (Å²) >= 11 is 1.48. The zero-order valence-corrected chi connectivity index (χ0v) is 16.0. The van der Waals surface area contributed by atoms with Crippen LogP contribution in [0.5, 0.6) is 5.75 Å². The van der Waals surface area contributed by atoms with Crippen LogP contribution >= 0.6 is 11.3 Å². The number of benzene rings is 1. The van der Waals surface area contributed by atoms with E-state index < -0.39 is 11.9 Å². The number of aryl methyl sites for hydroxylation is 2. The second-order valence-electron chi connectivity index (χ2n) is 6.23. The van der Waals surface area contributed by atoms with Gasteiger partial charge in [-0.1, -0.05) is 18.2 Å². The molecule has 3 aromatic rings. The molecular formula is C19H21N3O3S. The molecule has 0 aliphatic rings. The number of thiophene rings is 1. The number of carbonyl (C=O) groups is 1. The zero-order valence-electron chi connectivity index (χ0n) is 15.2. The highest BCUT2D eigenvalue weighted by Crippen LogP contribution is 2.28. The van der Waals surface area contributed by atoms with Gasteiger partial charge in [0.05, 0.1) is 12.5 Å². The lowest BCUT2D eigenvalue weighted by Gasteiger charge is -2.17. The summed E-state index contributed by atoms with van der Waals surface area (Å²) in [6.45, 7) is 5.48. The molecule has 26 heavy (non-hydrogen) atoms. The minimum atomic E-state index is -0.788. The number of nitrogens with two attached hydrogens (primary N) is 1. The third-order valence-electron chi connectivity index (χ3n) is 4.65. The Morgan fingerprint density at radius 2 is 2.04 bits per heavy atom. The maximum absolute atomic E-state index is 13.2. The predicted octanol–water partition coefficient (Wildman–Crippen LogP) is 2.72. The number of ether oxygens (including phenoxy) is 1. The Morgan fingerprint density at radius 3 is 2.69 bits per heavy atom. The summed E-state index contributed by atoms with van der Waals surface area (Å²) in [7, 11) is 1.60. The molecule has 0 bridgehead atoms. The van der Waals surface area contributed by atoms with Gasteiger partial charge < -0.3 is 10.5 Å². The molecule has 1 atom stereocenters. The molecule has 2 N–H and O–H groups in total. The van der Waals surface area contributed by atoms with Crippen LogP contribution < -0.4 is 16.0 Å². The second kappa shape index (κ2) is 6.92. The van der Waals surface area contributed by atoms with Gasteiger partial charge in [0.2, 0.25) is 5.91 Å². The molecule has 2 heterocycles. The Kier molecular flexibility index (Phi) is 4.82. The summed E-state index contributed by atoms with van der Waals surface area (Å²) in [6, 6.07) is 6.76. The van der Waals surface area contributed by atoms with E-state index in [2.05, 4.69) is 0 Å². The molecule has 0 radical (unpaired) electrons. The number of para-hydroxylation sites is 1.